The van der Waals surface area contributed by atoms with Crippen LogP contribution in [0.4, 0.5) is 5.13 Å². The van der Waals surface area contributed by atoms with Gasteiger partial charge >= 0.3 is 0 Å². The van der Waals surface area contributed by atoms with Crippen molar-refractivity contribution >= 4 is 44.0 Å². The smallest absolute Gasteiger partial charge is 0.257 e. The van der Waals surface area contributed by atoms with Crippen LogP contribution in [0.5, 0.6) is 0 Å². The van der Waals surface area contributed by atoms with Crippen molar-refractivity contribution in [2.24, 2.45) is 5.92 Å². The van der Waals surface area contributed by atoms with Gasteiger partial charge in [0.25, 0.3) is 5.91 Å². The molecule has 1 fully saturated rings. The zero-order valence-electron chi connectivity index (χ0n) is 15.6. The lowest BCUT2D eigenvalue weighted by molar-refractivity contribution is 0.102. The van der Waals surface area contributed by atoms with Gasteiger partial charge in [-0.2, -0.15) is 4.31 Å². The second-order valence-electron chi connectivity index (χ2n) is 7.45. The van der Waals surface area contributed by atoms with Gasteiger partial charge in [0.05, 0.1) is 10.7 Å². The normalized spacial score (nSPS) is 20.1. The zero-order chi connectivity index (χ0) is 19.9. The van der Waals surface area contributed by atoms with Gasteiger partial charge in [0.1, 0.15) is 4.90 Å². The number of fused-ring (bicyclic) bond motifs is 1. The summed E-state index contributed by atoms with van der Waals surface area (Å²) in [5.74, 6) is 0.250. The number of hydrogen-bond donors (Lipinski definition) is 1. The number of aryl methyl sites for hydroxylation is 1. The molecule has 6 nitrogen and oxygen atoms in total. The van der Waals surface area contributed by atoms with Crippen molar-refractivity contribution in [3.63, 3.8) is 0 Å². The van der Waals surface area contributed by atoms with Crippen molar-refractivity contribution < 1.29 is 13.2 Å². The summed E-state index contributed by atoms with van der Waals surface area (Å²) in [6, 6.07) is 4.37. The minimum absolute atomic E-state index is 0.0176. The van der Waals surface area contributed by atoms with E-state index in [1.54, 1.807) is 0 Å². The molecule has 0 spiro atoms. The van der Waals surface area contributed by atoms with Crippen molar-refractivity contribution in [2.75, 3.05) is 18.4 Å². The first-order valence-electron chi connectivity index (χ1n) is 9.44. The Morgan fingerprint density at radius 1 is 1.32 bits per heavy atom. The number of carbonyl (C=O) groups is 1. The van der Waals surface area contributed by atoms with Crippen LogP contribution in [0.3, 0.4) is 0 Å². The average Bonchev–Trinajstić information content (AvgIpc) is 3.31. The van der Waals surface area contributed by atoms with E-state index >= 15 is 0 Å². The van der Waals surface area contributed by atoms with E-state index in [1.165, 1.54) is 38.7 Å². The van der Waals surface area contributed by atoms with E-state index in [2.05, 4.69) is 17.2 Å². The summed E-state index contributed by atoms with van der Waals surface area (Å²) in [6.45, 7) is 3.19. The fraction of sp³-hybridized carbons (Fsp3) is 0.474. The summed E-state index contributed by atoms with van der Waals surface area (Å²) < 4.78 is 27.1. The molecule has 1 aliphatic heterocycles. The first-order chi connectivity index (χ1) is 13.3. The Hall–Kier alpha value is -1.48. The number of carbonyl (C=O) groups excluding carboxylic acids is 1. The maximum atomic E-state index is 12.9. The number of sulfonamides is 1. The van der Waals surface area contributed by atoms with E-state index in [4.69, 9.17) is 11.6 Å². The third kappa shape index (κ3) is 3.83. The van der Waals surface area contributed by atoms with Crippen molar-refractivity contribution in [1.29, 1.82) is 0 Å². The van der Waals surface area contributed by atoms with Gasteiger partial charge in [-0.25, -0.2) is 13.4 Å². The number of thiazole rings is 1. The lowest BCUT2D eigenvalue weighted by Gasteiger charge is -2.17. The number of nitrogens with one attached hydrogen (secondary N) is 1. The van der Waals surface area contributed by atoms with Gasteiger partial charge in [-0.3, -0.25) is 10.1 Å². The minimum Gasteiger partial charge on any atom is -0.298 e. The predicted molar refractivity (Wildman–Crippen MR) is 111 cm³/mol. The molecule has 1 atom stereocenters. The van der Waals surface area contributed by atoms with Crippen LogP contribution < -0.4 is 5.32 Å². The molecular weight excluding hydrogens is 418 g/mol. The summed E-state index contributed by atoms with van der Waals surface area (Å²) in [7, 11) is -3.70. The molecule has 2 aliphatic rings. The average molecular weight is 440 g/mol. The van der Waals surface area contributed by atoms with E-state index < -0.39 is 10.0 Å². The molecule has 28 heavy (non-hydrogen) atoms. The highest BCUT2D eigenvalue weighted by molar-refractivity contribution is 7.89. The maximum Gasteiger partial charge on any atom is 0.257 e. The molecule has 1 saturated heterocycles. The molecular formula is C19H22ClN3O3S2. The Morgan fingerprint density at radius 2 is 2.07 bits per heavy atom. The van der Waals surface area contributed by atoms with Crippen molar-refractivity contribution in [2.45, 2.75) is 43.9 Å². The first-order valence-corrected chi connectivity index (χ1v) is 12.1. The van der Waals surface area contributed by atoms with Crippen LogP contribution in [0.25, 0.3) is 0 Å². The van der Waals surface area contributed by atoms with Crippen LogP contribution >= 0.6 is 22.9 Å². The Morgan fingerprint density at radius 3 is 2.82 bits per heavy atom. The van der Waals surface area contributed by atoms with Crippen LogP contribution in [0, 0.1) is 5.92 Å². The second kappa shape index (κ2) is 7.74. The molecule has 0 bridgehead atoms. The number of halogens is 1. The Labute approximate surface area is 174 Å². The predicted octanol–water partition coefficient (Wildman–Crippen LogP) is 3.96. The molecule has 1 aromatic heterocycles. The molecule has 0 unspecified atom stereocenters. The van der Waals surface area contributed by atoms with Gasteiger partial charge in [-0.15, -0.1) is 11.3 Å². The summed E-state index contributed by atoms with van der Waals surface area (Å²) in [4.78, 5) is 18.5. The highest BCUT2D eigenvalue weighted by Crippen LogP contribution is 2.33. The quantitative estimate of drug-likeness (QED) is 0.781. The van der Waals surface area contributed by atoms with Gasteiger partial charge in [-0.1, -0.05) is 18.5 Å². The van der Waals surface area contributed by atoms with E-state index in [0.717, 1.165) is 37.8 Å². The lowest BCUT2D eigenvalue weighted by atomic mass is 9.93. The number of nitrogens with zero attached hydrogens (tertiary/aromatic N) is 2. The third-order valence-electron chi connectivity index (χ3n) is 5.28. The molecule has 150 valence electrons. The number of aromatic nitrogens is 1. The summed E-state index contributed by atoms with van der Waals surface area (Å²) >= 11 is 7.66. The van der Waals surface area contributed by atoms with Gasteiger partial charge in [0.2, 0.25) is 10.0 Å². The standard InChI is InChI=1S/C19H22ClN3O3S2/c1-12-4-7-15-16(10-12)27-19(21-15)22-18(24)13-5-6-14(20)17(11-13)28(25,26)23-8-2-3-9-23/h5-6,11-12H,2-4,7-10H2,1H3,(H,21,22,24)/t12-/m0/s1. The fourth-order valence-corrected chi connectivity index (χ4v) is 6.86. The van der Waals surface area contributed by atoms with Crippen LogP contribution in [-0.2, 0) is 22.9 Å². The third-order valence-corrected chi connectivity index (χ3v) is 8.70. The molecule has 1 aliphatic carbocycles. The van der Waals surface area contributed by atoms with E-state index in [1.807, 2.05) is 0 Å². The molecule has 2 heterocycles. The highest BCUT2D eigenvalue weighted by Gasteiger charge is 2.30. The fourth-order valence-electron chi connectivity index (χ4n) is 3.67. The summed E-state index contributed by atoms with van der Waals surface area (Å²) in [5.41, 5.74) is 1.32. The number of benzene rings is 1. The highest BCUT2D eigenvalue weighted by atomic mass is 35.5. The van der Waals surface area contributed by atoms with E-state index in [-0.39, 0.29) is 21.4 Å². The summed E-state index contributed by atoms with van der Waals surface area (Å²) in [6.07, 6.45) is 4.71. The largest absolute Gasteiger partial charge is 0.298 e. The van der Waals surface area contributed by atoms with Crippen LogP contribution in [0.2, 0.25) is 5.02 Å². The Kier molecular flexibility index (Phi) is 5.48. The number of hydrogen-bond acceptors (Lipinski definition) is 5. The van der Waals surface area contributed by atoms with Crippen molar-refractivity contribution in [3.05, 3.63) is 39.4 Å². The zero-order valence-corrected chi connectivity index (χ0v) is 18.0. The first kappa shape index (κ1) is 19.8. The maximum absolute atomic E-state index is 12.9. The van der Waals surface area contributed by atoms with Crippen LogP contribution in [0.15, 0.2) is 23.1 Å². The molecule has 0 radical (unpaired) electrons. The molecule has 1 N–H and O–H groups in total. The number of rotatable bonds is 4. The van der Waals surface area contributed by atoms with Crippen LogP contribution in [0.1, 0.15) is 47.1 Å². The van der Waals surface area contributed by atoms with E-state index in [9.17, 15) is 13.2 Å². The van der Waals surface area contributed by atoms with Crippen molar-refractivity contribution in [1.82, 2.24) is 9.29 Å². The van der Waals surface area contributed by atoms with Gasteiger partial charge in [-0.05, 0) is 56.2 Å². The molecule has 0 saturated carbocycles. The molecule has 1 aromatic carbocycles. The topological polar surface area (TPSA) is 79.4 Å². The van der Waals surface area contributed by atoms with Gasteiger partial charge in [0, 0.05) is 23.5 Å². The Balaban J connectivity index is 1.57. The Bertz CT molecular complexity index is 1010. The van der Waals surface area contributed by atoms with Gasteiger partial charge < -0.3 is 0 Å². The molecule has 4 rings (SSSR count). The molecule has 2 aromatic rings. The van der Waals surface area contributed by atoms with Gasteiger partial charge in [0.15, 0.2) is 5.13 Å². The molecule has 9 heteroatoms. The SMILES string of the molecule is C[C@H]1CCc2nc(NC(=O)c3ccc(Cl)c(S(=O)(=O)N4CCCC4)c3)sc2C1. The molecule has 1 amide bonds. The monoisotopic (exact) mass is 439 g/mol. The number of anilines is 1. The van der Waals surface area contributed by atoms with E-state index in [0.29, 0.717) is 24.1 Å². The summed E-state index contributed by atoms with van der Waals surface area (Å²) in [5, 5.41) is 3.50. The minimum atomic E-state index is -3.70. The number of amides is 1. The lowest BCUT2D eigenvalue weighted by Crippen LogP contribution is -2.28. The van der Waals surface area contributed by atoms with Crippen molar-refractivity contribution in [3.8, 4) is 0 Å². The second-order valence-corrected chi connectivity index (χ2v) is 10.8. The van der Waals surface area contributed by atoms with Crippen LogP contribution in [-0.4, -0.2) is 36.7 Å².